The number of alkyl carbamates (subject to hydrolysis) is 1. The molecule has 0 saturated heterocycles. The number of aromatic nitrogens is 1. The zero-order chi connectivity index (χ0) is 27.2. The van der Waals surface area contributed by atoms with Crippen molar-refractivity contribution >= 4 is 49.4 Å². The van der Waals surface area contributed by atoms with Crippen molar-refractivity contribution in [3.05, 3.63) is 59.1 Å². The second-order valence-electron chi connectivity index (χ2n) is 9.38. The molecular formula is C25H31N5O5S2. The second-order valence-corrected chi connectivity index (χ2v) is 12.1. The smallest absolute Gasteiger partial charge is 0.408 e. The van der Waals surface area contributed by atoms with Crippen molar-refractivity contribution in [2.75, 3.05) is 6.54 Å². The Balaban J connectivity index is 1.66. The van der Waals surface area contributed by atoms with Crippen LogP contribution >= 0.6 is 11.3 Å². The van der Waals surface area contributed by atoms with Gasteiger partial charge in [0, 0.05) is 6.54 Å². The molecule has 4 N–H and O–H groups in total. The molecule has 0 aliphatic carbocycles. The SMILES string of the molecule is Cc1ccc(S(=O)(=O)NC(N)=NCCCC(NC(=O)OC(C)(C)C)C(=O)c2nc3ccccc3s2)cc1. The molecule has 37 heavy (non-hydrogen) atoms. The van der Waals surface area contributed by atoms with Crippen LogP contribution in [0.4, 0.5) is 4.79 Å². The number of aliphatic imine (C=N–C) groups is 1. The summed E-state index contributed by atoms with van der Waals surface area (Å²) in [5, 5.41) is 2.91. The zero-order valence-corrected chi connectivity index (χ0v) is 22.8. The highest BCUT2D eigenvalue weighted by molar-refractivity contribution is 7.90. The molecule has 1 atom stereocenters. The highest BCUT2D eigenvalue weighted by Crippen LogP contribution is 2.23. The molecule has 0 aliphatic heterocycles. The number of benzene rings is 2. The highest BCUT2D eigenvalue weighted by Gasteiger charge is 2.27. The molecule has 198 valence electrons. The van der Waals surface area contributed by atoms with Gasteiger partial charge in [-0.3, -0.25) is 9.79 Å². The van der Waals surface area contributed by atoms with Gasteiger partial charge < -0.3 is 15.8 Å². The minimum absolute atomic E-state index is 0.0688. The van der Waals surface area contributed by atoms with Crippen LogP contribution in [0.25, 0.3) is 10.2 Å². The molecule has 0 radical (unpaired) electrons. The Morgan fingerprint density at radius 1 is 1.14 bits per heavy atom. The molecular weight excluding hydrogens is 514 g/mol. The van der Waals surface area contributed by atoms with Gasteiger partial charge in [-0.1, -0.05) is 29.8 Å². The number of ether oxygens (including phenoxy) is 1. The topological polar surface area (TPSA) is 153 Å². The first-order valence-corrected chi connectivity index (χ1v) is 13.9. The number of para-hydroxylation sites is 1. The third-order valence-corrected chi connectivity index (χ3v) is 7.44. The largest absolute Gasteiger partial charge is 0.444 e. The fraction of sp³-hybridized carbons (Fsp3) is 0.360. The first-order chi connectivity index (χ1) is 17.3. The maximum absolute atomic E-state index is 13.2. The lowest BCUT2D eigenvalue weighted by atomic mass is 10.1. The Hall–Kier alpha value is -3.51. The van der Waals surface area contributed by atoms with Crippen LogP contribution in [0.15, 0.2) is 58.4 Å². The molecule has 0 spiro atoms. The minimum Gasteiger partial charge on any atom is -0.444 e. The third-order valence-electron chi connectivity index (χ3n) is 5.02. The van der Waals surface area contributed by atoms with E-state index in [1.165, 1.54) is 23.5 Å². The number of sulfonamides is 1. The average Bonchev–Trinajstić information content (AvgIpc) is 3.23. The summed E-state index contributed by atoms with van der Waals surface area (Å²) in [7, 11) is -3.87. The van der Waals surface area contributed by atoms with Gasteiger partial charge in [-0.05, 0) is 64.8 Å². The number of nitrogens with one attached hydrogen (secondary N) is 2. The Labute approximate surface area is 220 Å². The first kappa shape index (κ1) is 28.1. The van der Waals surface area contributed by atoms with Gasteiger partial charge in [0.05, 0.1) is 21.2 Å². The van der Waals surface area contributed by atoms with Gasteiger partial charge in [-0.2, -0.15) is 0 Å². The fourth-order valence-corrected chi connectivity index (χ4v) is 5.20. The number of carbonyl (C=O) groups excluding carboxylic acids is 2. The number of thiazole rings is 1. The monoisotopic (exact) mass is 545 g/mol. The number of nitrogens with two attached hydrogens (primary N) is 1. The Morgan fingerprint density at radius 3 is 2.46 bits per heavy atom. The van der Waals surface area contributed by atoms with E-state index in [1.807, 2.05) is 31.2 Å². The van der Waals surface area contributed by atoms with Gasteiger partial charge in [-0.25, -0.2) is 22.9 Å². The minimum atomic E-state index is -3.87. The van der Waals surface area contributed by atoms with Gasteiger partial charge in [-0.15, -0.1) is 11.3 Å². The molecule has 0 bridgehead atoms. The molecule has 0 aliphatic rings. The molecule has 10 nitrogen and oxygen atoms in total. The number of rotatable bonds is 9. The standard InChI is InChI=1S/C25H31N5O5S2/c1-16-11-13-17(14-12-16)37(33,34)30-23(26)27-15-7-9-19(29-24(32)35-25(2,3)4)21(31)22-28-18-8-5-6-10-20(18)36-22/h5-6,8,10-14,19H,7,9,15H2,1-4H3,(H,29,32)(H3,26,27,30). The van der Waals surface area contributed by atoms with Crippen molar-refractivity contribution in [1.82, 2.24) is 15.0 Å². The lowest BCUT2D eigenvalue weighted by Crippen LogP contribution is -2.43. The van der Waals surface area contributed by atoms with Crippen molar-refractivity contribution in [3.8, 4) is 0 Å². The normalized spacial score (nSPS) is 13.2. The number of hydrogen-bond donors (Lipinski definition) is 3. The average molecular weight is 546 g/mol. The predicted molar refractivity (Wildman–Crippen MR) is 144 cm³/mol. The molecule has 0 saturated carbocycles. The van der Waals surface area contributed by atoms with Crippen molar-refractivity contribution in [1.29, 1.82) is 0 Å². The Morgan fingerprint density at radius 2 is 1.81 bits per heavy atom. The number of hydrogen-bond acceptors (Lipinski definition) is 8. The van der Waals surface area contributed by atoms with Crippen LogP contribution in [0, 0.1) is 6.92 Å². The maximum Gasteiger partial charge on any atom is 0.408 e. The summed E-state index contributed by atoms with van der Waals surface area (Å²) >= 11 is 1.25. The number of fused-ring (bicyclic) bond motifs is 1. The quantitative estimate of drug-likeness (QED) is 0.160. The van der Waals surface area contributed by atoms with Crippen LogP contribution in [-0.4, -0.2) is 49.4 Å². The van der Waals surface area contributed by atoms with E-state index in [0.29, 0.717) is 11.9 Å². The van der Waals surface area contributed by atoms with Gasteiger partial charge in [0.1, 0.15) is 5.60 Å². The summed E-state index contributed by atoms with van der Waals surface area (Å²) in [4.78, 5) is 34.2. The molecule has 2 aromatic carbocycles. The number of Topliss-reactive ketones (excluding diaryl/α,β-unsaturated/α-hetero) is 1. The van der Waals surface area contributed by atoms with E-state index in [2.05, 4.69) is 20.0 Å². The van der Waals surface area contributed by atoms with Crippen LogP contribution in [0.2, 0.25) is 0 Å². The molecule has 1 heterocycles. The van der Waals surface area contributed by atoms with Crippen molar-refractivity contribution in [3.63, 3.8) is 0 Å². The number of carbonyl (C=O) groups is 2. The summed E-state index contributed by atoms with van der Waals surface area (Å²) in [5.41, 5.74) is 6.67. The lowest BCUT2D eigenvalue weighted by molar-refractivity contribution is 0.0488. The van der Waals surface area contributed by atoms with Crippen molar-refractivity contribution in [2.24, 2.45) is 10.7 Å². The zero-order valence-electron chi connectivity index (χ0n) is 21.1. The van der Waals surface area contributed by atoms with Crippen LogP contribution in [0.5, 0.6) is 0 Å². The molecule has 1 aromatic heterocycles. The van der Waals surface area contributed by atoms with Crippen LogP contribution in [0.3, 0.4) is 0 Å². The van der Waals surface area contributed by atoms with E-state index in [9.17, 15) is 18.0 Å². The maximum atomic E-state index is 13.2. The third kappa shape index (κ3) is 8.25. The lowest BCUT2D eigenvalue weighted by Gasteiger charge is -2.22. The van der Waals surface area contributed by atoms with Crippen LogP contribution in [-0.2, 0) is 14.8 Å². The second kappa shape index (κ2) is 11.7. The number of amides is 1. The summed E-state index contributed by atoms with van der Waals surface area (Å²) in [6.07, 6.45) is -0.166. The number of aryl methyl sites for hydroxylation is 1. The van der Waals surface area contributed by atoms with Gasteiger partial charge in [0.25, 0.3) is 10.0 Å². The number of ketones is 1. The van der Waals surface area contributed by atoms with Crippen molar-refractivity contribution in [2.45, 2.75) is 57.1 Å². The molecule has 1 unspecified atom stereocenters. The van der Waals surface area contributed by atoms with E-state index in [-0.39, 0.29) is 34.6 Å². The highest BCUT2D eigenvalue weighted by atomic mass is 32.2. The van der Waals surface area contributed by atoms with E-state index in [1.54, 1.807) is 32.9 Å². The van der Waals surface area contributed by atoms with Gasteiger partial charge in [0.2, 0.25) is 11.7 Å². The summed E-state index contributed by atoms with van der Waals surface area (Å²) in [6, 6.07) is 12.8. The van der Waals surface area contributed by atoms with Gasteiger partial charge in [0.15, 0.2) is 5.01 Å². The van der Waals surface area contributed by atoms with E-state index in [4.69, 9.17) is 10.5 Å². The molecule has 0 fully saturated rings. The van der Waals surface area contributed by atoms with E-state index < -0.39 is 27.8 Å². The van der Waals surface area contributed by atoms with Gasteiger partial charge >= 0.3 is 6.09 Å². The summed E-state index contributed by atoms with van der Waals surface area (Å²) < 4.78 is 33.3. The molecule has 3 aromatic rings. The van der Waals surface area contributed by atoms with Crippen LogP contribution < -0.4 is 15.8 Å². The van der Waals surface area contributed by atoms with E-state index >= 15 is 0 Å². The molecule has 3 rings (SSSR count). The number of nitrogens with zero attached hydrogens (tertiary/aromatic N) is 2. The Kier molecular flexibility index (Phi) is 8.87. The Bertz CT molecular complexity index is 1360. The summed E-state index contributed by atoms with van der Waals surface area (Å²) in [6.45, 7) is 7.17. The van der Waals surface area contributed by atoms with Crippen molar-refractivity contribution < 1.29 is 22.7 Å². The van der Waals surface area contributed by atoms with E-state index in [0.717, 1.165) is 10.3 Å². The first-order valence-electron chi connectivity index (χ1n) is 11.6. The van der Waals surface area contributed by atoms with Crippen LogP contribution in [0.1, 0.15) is 49.0 Å². The fourth-order valence-electron chi connectivity index (χ4n) is 3.29. The molecule has 1 amide bonds. The number of guanidine groups is 1. The predicted octanol–water partition coefficient (Wildman–Crippen LogP) is 3.75. The summed E-state index contributed by atoms with van der Waals surface area (Å²) in [5.74, 6) is -0.612. The molecule has 12 heteroatoms.